The van der Waals surface area contributed by atoms with Gasteiger partial charge in [0.05, 0.1) is 11.3 Å². The van der Waals surface area contributed by atoms with Gasteiger partial charge in [-0.05, 0) is 24.3 Å². The first-order valence-corrected chi connectivity index (χ1v) is 8.23. The van der Waals surface area contributed by atoms with Crippen molar-refractivity contribution in [3.8, 4) is 5.75 Å². The standard InChI is InChI=1S/C17H15NO4S/c19-16(20)14-10-23-15(18-14)12-7-4-8-13(9-12)22-17(21)11-5-2-1-3-6-11/h1-9,14-15,18H,10H2,(H,19,20)/t14-,15+/m0/s1. The largest absolute Gasteiger partial charge is 0.544 e. The van der Waals surface area contributed by atoms with E-state index in [0.29, 0.717) is 17.1 Å². The number of hydrogen-bond donors (Lipinski definition) is 1. The van der Waals surface area contributed by atoms with E-state index in [9.17, 15) is 14.7 Å². The van der Waals surface area contributed by atoms with Crippen molar-refractivity contribution in [2.75, 3.05) is 5.75 Å². The number of nitrogens with two attached hydrogens (primary N) is 1. The van der Waals surface area contributed by atoms with Crippen molar-refractivity contribution in [2.45, 2.75) is 11.4 Å². The number of carbonyl (C=O) groups excluding carboxylic acids is 2. The molecule has 23 heavy (non-hydrogen) atoms. The summed E-state index contributed by atoms with van der Waals surface area (Å²) in [5.41, 5.74) is 1.40. The van der Waals surface area contributed by atoms with E-state index < -0.39 is 18.0 Å². The molecular weight excluding hydrogens is 314 g/mol. The second kappa shape index (κ2) is 6.85. The van der Waals surface area contributed by atoms with Gasteiger partial charge in [0.25, 0.3) is 0 Å². The molecule has 1 aliphatic heterocycles. The van der Waals surface area contributed by atoms with Crippen LogP contribution in [0.15, 0.2) is 54.6 Å². The predicted octanol–water partition coefficient (Wildman–Crippen LogP) is 0.333. The molecular formula is C17H15NO4S. The third-order valence-electron chi connectivity index (χ3n) is 3.57. The molecule has 118 valence electrons. The molecule has 1 heterocycles. The lowest BCUT2D eigenvalue weighted by molar-refractivity contribution is -0.690. The van der Waals surface area contributed by atoms with Crippen LogP contribution in [0.3, 0.4) is 0 Å². The second-order valence-electron chi connectivity index (χ2n) is 5.20. The number of quaternary nitrogens is 1. The van der Waals surface area contributed by atoms with Gasteiger partial charge >= 0.3 is 5.97 Å². The highest BCUT2D eigenvalue weighted by Gasteiger charge is 2.31. The molecule has 0 bridgehead atoms. The number of ether oxygens (including phenoxy) is 1. The quantitative estimate of drug-likeness (QED) is 0.646. The van der Waals surface area contributed by atoms with Crippen molar-refractivity contribution in [1.29, 1.82) is 0 Å². The zero-order valence-electron chi connectivity index (χ0n) is 12.2. The van der Waals surface area contributed by atoms with Gasteiger partial charge in [-0.3, -0.25) is 0 Å². The molecule has 6 heteroatoms. The van der Waals surface area contributed by atoms with E-state index in [4.69, 9.17) is 4.74 Å². The summed E-state index contributed by atoms with van der Waals surface area (Å²) in [4.78, 5) is 23.0. The molecule has 0 saturated carbocycles. The lowest BCUT2D eigenvalue weighted by Gasteiger charge is -2.12. The van der Waals surface area contributed by atoms with Crippen LogP contribution in [0.1, 0.15) is 21.3 Å². The van der Waals surface area contributed by atoms with Gasteiger partial charge in [0.2, 0.25) is 0 Å². The first-order valence-electron chi connectivity index (χ1n) is 7.18. The van der Waals surface area contributed by atoms with E-state index in [1.165, 1.54) is 11.8 Å². The van der Waals surface area contributed by atoms with Gasteiger partial charge in [0.15, 0.2) is 5.37 Å². The Hall–Kier alpha value is -2.31. The Labute approximate surface area is 137 Å². The van der Waals surface area contributed by atoms with Gasteiger partial charge in [0.1, 0.15) is 17.8 Å². The molecule has 5 nitrogen and oxygen atoms in total. The molecule has 3 rings (SSSR count). The topological polar surface area (TPSA) is 83.0 Å². The Kier molecular flexibility index (Phi) is 4.64. The number of aliphatic carboxylic acids is 1. The van der Waals surface area contributed by atoms with Crippen LogP contribution in [0.2, 0.25) is 0 Å². The van der Waals surface area contributed by atoms with Gasteiger partial charge in [-0.1, -0.05) is 42.1 Å². The number of benzene rings is 2. The molecule has 0 radical (unpaired) electrons. The van der Waals surface area contributed by atoms with Crippen molar-refractivity contribution in [3.63, 3.8) is 0 Å². The highest BCUT2D eigenvalue weighted by atomic mass is 32.2. The summed E-state index contributed by atoms with van der Waals surface area (Å²) in [5.74, 6) is -0.520. The monoisotopic (exact) mass is 329 g/mol. The summed E-state index contributed by atoms with van der Waals surface area (Å²) in [5, 5.41) is 12.7. The molecule has 0 amide bonds. The summed E-state index contributed by atoms with van der Waals surface area (Å²) >= 11 is 1.54. The van der Waals surface area contributed by atoms with Crippen molar-refractivity contribution >= 4 is 23.7 Å². The number of thioether (sulfide) groups is 1. The Bertz CT molecular complexity index is 720. The summed E-state index contributed by atoms with van der Waals surface area (Å²) in [6, 6.07) is 15.4. The van der Waals surface area contributed by atoms with Crippen molar-refractivity contribution < 1.29 is 24.7 Å². The van der Waals surface area contributed by atoms with E-state index in [-0.39, 0.29) is 5.37 Å². The summed E-state index contributed by atoms with van der Waals surface area (Å²) in [7, 11) is 0. The number of esters is 1. The first-order chi connectivity index (χ1) is 11.1. The maximum absolute atomic E-state index is 12.1. The maximum Gasteiger partial charge on any atom is 0.343 e. The fourth-order valence-electron chi connectivity index (χ4n) is 2.38. The Balaban J connectivity index is 1.71. The molecule has 0 aromatic heterocycles. The van der Waals surface area contributed by atoms with E-state index in [0.717, 1.165) is 5.56 Å². The minimum atomic E-state index is -1.05. The van der Waals surface area contributed by atoms with Crippen molar-refractivity contribution in [3.05, 3.63) is 65.7 Å². The smallest absolute Gasteiger partial charge is 0.343 e. The van der Waals surface area contributed by atoms with Gasteiger partial charge in [-0.2, -0.15) is 0 Å². The van der Waals surface area contributed by atoms with E-state index in [1.54, 1.807) is 47.8 Å². The van der Waals surface area contributed by atoms with E-state index >= 15 is 0 Å². The lowest BCUT2D eigenvalue weighted by atomic mass is 10.2. The molecule has 2 atom stereocenters. The highest BCUT2D eigenvalue weighted by Crippen LogP contribution is 2.29. The lowest BCUT2D eigenvalue weighted by Crippen LogP contribution is -2.90. The predicted molar refractivity (Wildman–Crippen MR) is 83.8 cm³/mol. The molecule has 1 aliphatic rings. The summed E-state index contributed by atoms with van der Waals surface area (Å²) in [6.07, 6.45) is 0. The van der Waals surface area contributed by atoms with Crippen LogP contribution in [0.4, 0.5) is 0 Å². The second-order valence-corrected chi connectivity index (χ2v) is 6.37. The molecule has 1 fully saturated rings. The maximum atomic E-state index is 12.1. The molecule has 0 unspecified atom stereocenters. The number of rotatable bonds is 4. The van der Waals surface area contributed by atoms with Gasteiger partial charge < -0.3 is 20.0 Å². The molecule has 1 saturated heterocycles. The SMILES string of the molecule is O=C(Oc1cccc([C@@H]2[NH2+][C@H](C(=O)[O-])CS2)c1)c1ccccc1. The third-order valence-corrected chi connectivity index (χ3v) is 4.91. The number of hydrogen-bond acceptors (Lipinski definition) is 5. The van der Waals surface area contributed by atoms with Gasteiger partial charge in [-0.25, -0.2) is 4.79 Å². The third kappa shape index (κ3) is 3.72. The highest BCUT2D eigenvalue weighted by molar-refractivity contribution is 7.99. The van der Waals surface area contributed by atoms with E-state index in [1.807, 2.05) is 12.1 Å². The van der Waals surface area contributed by atoms with Gasteiger partial charge in [-0.15, -0.1) is 0 Å². The molecule has 0 spiro atoms. The molecule has 0 aliphatic carbocycles. The Morgan fingerprint density at radius 1 is 1.13 bits per heavy atom. The minimum absolute atomic E-state index is 0.0340. The average Bonchev–Trinajstić information content (AvgIpc) is 3.06. The Morgan fingerprint density at radius 3 is 2.61 bits per heavy atom. The number of carboxylic acids is 1. The molecule has 2 aromatic carbocycles. The van der Waals surface area contributed by atoms with Crippen LogP contribution in [-0.4, -0.2) is 23.7 Å². The van der Waals surface area contributed by atoms with E-state index in [2.05, 4.69) is 0 Å². The van der Waals surface area contributed by atoms with Crippen molar-refractivity contribution in [2.24, 2.45) is 0 Å². The first kappa shape index (κ1) is 15.6. The fourth-order valence-corrected chi connectivity index (χ4v) is 3.68. The average molecular weight is 329 g/mol. The number of carbonyl (C=O) groups is 2. The zero-order valence-corrected chi connectivity index (χ0v) is 13.0. The van der Waals surface area contributed by atoms with Crippen LogP contribution < -0.4 is 15.2 Å². The normalized spacial score (nSPS) is 20.2. The molecule has 2 aromatic rings. The van der Waals surface area contributed by atoms with Crippen LogP contribution in [-0.2, 0) is 4.79 Å². The van der Waals surface area contributed by atoms with Crippen LogP contribution >= 0.6 is 11.8 Å². The van der Waals surface area contributed by atoms with Gasteiger partial charge in [0, 0.05) is 5.56 Å². The summed E-state index contributed by atoms with van der Waals surface area (Å²) in [6.45, 7) is 0. The van der Waals surface area contributed by atoms with Crippen LogP contribution in [0, 0.1) is 0 Å². The fraction of sp³-hybridized carbons (Fsp3) is 0.176. The minimum Gasteiger partial charge on any atom is -0.544 e. The zero-order chi connectivity index (χ0) is 16.2. The van der Waals surface area contributed by atoms with Crippen LogP contribution in [0.25, 0.3) is 0 Å². The van der Waals surface area contributed by atoms with Crippen molar-refractivity contribution in [1.82, 2.24) is 0 Å². The van der Waals surface area contributed by atoms with Crippen LogP contribution in [0.5, 0.6) is 5.75 Å². The molecule has 2 N–H and O–H groups in total. The summed E-state index contributed by atoms with van der Waals surface area (Å²) < 4.78 is 5.38. The Morgan fingerprint density at radius 2 is 1.91 bits per heavy atom. The number of carboxylic acid groups (broad SMARTS) is 1.